The zero-order valence-corrected chi connectivity index (χ0v) is 17.4. The Balaban J connectivity index is 1.47. The Morgan fingerprint density at radius 1 is 1.29 bits per heavy atom. The standard InChI is InChI=1S/C19H27N5O3S/c1-14(17(25)20-9-8-15-4-6-16(26-3)7-5-15)28-19-22-21-18(23(19)2)24-10-12-27-13-11-24/h4-7,14H,8-13H2,1-3H3,(H,20,25). The number of benzene rings is 1. The van der Waals surface area contributed by atoms with Crippen molar-refractivity contribution in [3.63, 3.8) is 0 Å². The highest BCUT2D eigenvalue weighted by atomic mass is 32.2. The van der Waals surface area contributed by atoms with Crippen LogP contribution < -0.4 is 15.0 Å². The van der Waals surface area contributed by atoms with Gasteiger partial charge >= 0.3 is 0 Å². The lowest BCUT2D eigenvalue weighted by Crippen LogP contribution is -2.37. The molecule has 1 atom stereocenters. The first kappa shape index (κ1) is 20.5. The van der Waals surface area contributed by atoms with Gasteiger partial charge in [-0.15, -0.1) is 10.2 Å². The summed E-state index contributed by atoms with van der Waals surface area (Å²) in [6.45, 7) is 5.48. The van der Waals surface area contributed by atoms with Crippen LogP contribution in [0.2, 0.25) is 0 Å². The van der Waals surface area contributed by atoms with Gasteiger partial charge in [-0.3, -0.25) is 9.36 Å². The Morgan fingerprint density at radius 3 is 2.68 bits per heavy atom. The summed E-state index contributed by atoms with van der Waals surface area (Å²) < 4.78 is 12.5. The van der Waals surface area contributed by atoms with E-state index in [4.69, 9.17) is 9.47 Å². The summed E-state index contributed by atoms with van der Waals surface area (Å²) in [5, 5.41) is 12.0. The predicted octanol–water partition coefficient (Wildman–Crippen LogP) is 1.50. The van der Waals surface area contributed by atoms with Crippen LogP contribution in [0, 0.1) is 0 Å². The van der Waals surface area contributed by atoms with Gasteiger partial charge in [-0.1, -0.05) is 23.9 Å². The Hall–Kier alpha value is -2.26. The molecule has 0 aliphatic carbocycles. The van der Waals surface area contributed by atoms with Crippen LogP contribution in [0.5, 0.6) is 5.75 Å². The van der Waals surface area contributed by atoms with Crippen LogP contribution in [0.25, 0.3) is 0 Å². The SMILES string of the molecule is COc1ccc(CCNC(=O)C(C)Sc2nnc(N3CCOCC3)n2C)cc1. The van der Waals surface area contributed by atoms with Crippen molar-refractivity contribution in [1.82, 2.24) is 20.1 Å². The van der Waals surface area contributed by atoms with Crippen molar-refractivity contribution in [1.29, 1.82) is 0 Å². The van der Waals surface area contributed by atoms with Crippen molar-refractivity contribution in [2.24, 2.45) is 7.05 Å². The second-order valence-electron chi connectivity index (χ2n) is 6.59. The molecule has 1 fully saturated rings. The molecule has 1 amide bonds. The molecular formula is C19H27N5O3S. The van der Waals surface area contributed by atoms with E-state index in [1.807, 2.05) is 42.8 Å². The quantitative estimate of drug-likeness (QED) is 0.667. The fourth-order valence-electron chi connectivity index (χ4n) is 2.93. The molecule has 9 heteroatoms. The van der Waals surface area contributed by atoms with Gasteiger partial charge in [0, 0.05) is 26.7 Å². The van der Waals surface area contributed by atoms with E-state index in [0.29, 0.717) is 19.8 Å². The number of hydrogen-bond acceptors (Lipinski definition) is 7. The maximum Gasteiger partial charge on any atom is 0.233 e. The van der Waals surface area contributed by atoms with E-state index < -0.39 is 0 Å². The lowest BCUT2D eigenvalue weighted by atomic mass is 10.1. The summed E-state index contributed by atoms with van der Waals surface area (Å²) in [4.78, 5) is 14.6. The fraction of sp³-hybridized carbons (Fsp3) is 0.526. The normalized spacial score (nSPS) is 15.3. The predicted molar refractivity (Wildman–Crippen MR) is 109 cm³/mol. The molecule has 1 aliphatic rings. The number of ether oxygens (including phenoxy) is 2. The molecule has 2 heterocycles. The second-order valence-corrected chi connectivity index (χ2v) is 7.90. The summed E-state index contributed by atoms with van der Waals surface area (Å²) in [6, 6.07) is 7.87. The van der Waals surface area contributed by atoms with E-state index in [9.17, 15) is 4.79 Å². The van der Waals surface area contributed by atoms with Crippen molar-refractivity contribution < 1.29 is 14.3 Å². The minimum atomic E-state index is -0.253. The molecule has 1 aliphatic heterocycles. The first-order valence-corrected chi connectivity index (χ1v) is 10.3. The minimum Gasteiger partial charge on any atom is -0.497 e. The maximum absolute atomic E-state index is 12.4. The first-order chi connectivity index (χ1) is 13.6. The minimum absolute atomic E-state index is 0.00515. The monoisotopic (exact) mass is 405 g/mol. The summed E-state index contributed by atoms with van der Waals surface area (Å²) in [7, 11) is 3.58. The van der Waals surface area contributed by atoms with Crippen LogP contribution >= 0.6 is 11.8 Å². The van der Waals surface area contributed by atoms with Crippen molar-refractivity contribution in [3.8, 4) is 5.75 Å². The van der Waals surface area contributed by atoms with Crippen LogP contribution in [0.3, 0.4) is 0 Å². The van der Waals surface area contributed by atoms with Crippen LogP contribution in [0.1, 0.15) is 12.5 Å². The highest BCUT2D eigenvalue weighted by Gasteiger charge is 2.22. The largest absolute Gasteiger partial charge is 0.497 e. The van der Waals surface area contributed by atoms with E-state index in [2.05, 4.69) is 20.4 Å². The Bertz CT molecular complexity index is 774. The molecule has 0 radical (unpaired) electrons. The number of morpholine rings is 1. The van der Waals surface area contributed by atoms with Gasteiger partial charge in [0.15, 0.2) is 5.16 Å². The number of thioether (sulfide) groups is 1. The second kappa shape index (κ2) is 9.79. The third-order valence-corrected chi connectivity index (χ3v) is 5.76. The number of nitrogens with one attached hydrogen (secondary N) is 1. The number of nitrogens with zero attached hydrogens (tertiary/aromatic N) is 4. The van der Waals surface area contributed by atoms with Crippen LogP contribution in [0.15, 0.2) is 29.4 Å². The van der Waals surface area contributed by atoms with Crippen LogP contribution in [-0.4, -0.2) is 65.9 Å². The molecule has 1 saturated heterocycles. The van der Waals surface area contributed by atoms with Crippen molar-refractivity contribution in [3.05, 3.63) is 29.8 Å². The summed E-state index contributed by atoms with van der Waals surface area (Å²) >= 11 is 1.42. The molecule has 1 N–H and O–H groups in total. The molecule has 0 saturated carbocycles. The molecule has 0 bridgehead atoms. The Labute approximate surface area is 169 Å². The Kier molecular flexibility index (Phi) is 7.16. The summed E-state index contributed by atoms with van der Waals surface area (Å²) in [5.74, 6) is 1.64. The van der Waals surface area contributed by atoms with Crippen molar-refractivity contribution in [2.45, 2.75) is 23.8 Å². The number of carbonyl (C=O) groups is 1. The number of carbonyl (C=O) groups excluding carboxylic acids is 1. The summed E-state index contributed by atoms with van der Waals surface area (Å²) in [5.41, 5.74) is 1.16. The topological polar surface area (TPSA) is 81.5 Å². The number of hydrogen-bond donors (Lipinski definition) is 1. The third-order valence-electron chi connectivity index (χ3n) is 4.63. The van der Waals surface area contributed by atoms with E-state index in [0.717, 1.165) is 41.9 Å². The molecular weight excluding hydrogens is 378 g/mol. The van der Waals surface area contributed by atoms with E-state index in [1.165, 1.54) is 11.8 Å². The fourth-order valence-corrected chi connectivity index (χ4v) is 3.76. The maximum atomic E-state index is 12.4. The number of amides is 1. The zero-order valence-electron chi connectivity index (χ0n) is 16.6. The molecule has 0 spiro atoms. The van der Waals surface area contributed by atoms with Gasteiger partial charge in [-0.05, 0) is 31.0 Å². The lowest BCUT2D eigenvalue weighted by Gasteiger charge is -2.27. The molecule has 152 valence electrons. The van der Waals surface area contributed by atoms with Gasteiger partial charge in [0.05, 0.1) is 25.6 Å². The number of anilines is 1. The number of aromatic nitrogens is 3. The van der Waals surface area contributed by atoms with Crippen molar-refractivity contribution >= 4 is 23.6 Å². The molecule has 28 heavy (non-hydrogen) atoms. The molecule has 1 aromatic carbocycles. The average molecular weight is 406 g/mol. The van der Waals surface area contributed by atoms with E-state index >= 15 is 0 Å². The van der Waals surface area contributed by atoms with Gasteiger partial charge in [-0.25, -0.2) is 0 Å². The highest BCUT2D eigenvalue weighted by Crippen LogP contribution is 2.24. The number of methoxy groups -OCH3 is 1. The zero-order chi connectivity index (χ0) is 19.9. The van der Waals surface area contributed by atoms with Crippen LogP contribution in [-0.2, 0) is 23.0 Å². The highest BCUT2D eigenvalue weighted by molar-refractivity contribution is 8.00. The van der Waals surface area contributed by atoms with Gasteiger partial charge in [0.25, 0.3) is 0 Å². The van der Waals surface area contributed by atoms with Gasteiger partial charge in [0.1, 0.15) is 5.75 Å². The third kappa shape index (κ3) is 5.17. The molecule has 1 aromatic heterocycles. The number of rotatable bonds is 8. The van der Waals surface area contributed by atoms with Crippen molar-refractivity contribution in [2.75, 3.05) is 44.9 Å². The first-order valence-electron chi connectivity index (χ1n) is 9.38. The van der Waals surface area contributed by atoms with Crippen LogP contribution in [0.4, 0.5) is 5.95 Å². The average Bonchev–Trinajstić information content (AvgIpc) is 3.09. The van der Waals surface area contributed by atoms with Gasteiger partial charge in [0.2, 0.25) is 11.9 Å². The molecule has 8 nitrogen and oxygen atoms in total. The molecule has 1 unspecified atom stereocenters. The summed E-state index contributed by atoms with van der Waals surface area (Å²) in [6.07, 6.45) is 0.776. The molecule has 2 aromatic rings. The van der Waals surface area contributed by atoms with E-state index in [-0.39, 0.29) is 11.2 Å². The Morgan fingerprint density at radius 2 is 2.00 bits per heavy atom. The molecule has 3 rings (SSSR count). The van der Waals surface area contributed by atoms with E-state index in [1.54, 1.807) is 7.11 Å². The smallest absolute Gasteiger partial charge is 0.233 e. The lowest BCUT2D eigenvalue weighted by molar-refractivity contribution is -0.120. The van der Waals surface area contributed by atoms with Gasteiger partial charge < -0.3 is 19.7 Å². The van der Waals surface area contributed by atoms with Gasteiger partial charge in [-0.2, -0.15) is 0 Å².